The van der Waals surface area contributed by atoms with E-state index in [0.717, 1.165) is 11.3 Å². The smallest absolute Gasteiger partial charge is 0.154 e. The fourth-order valence-electron chi connectivity index (χ4n) is 1.39. The molecule has 0 saturated carbocycles. The summed E-state index contributed by atoms with van der Waals surface area (Å²) >= 11 is 0. The minimum atomic E-state index is 0.250. The van der Waals surface area contributed by atoms with Crippen molar-refractivity contribution in [3.8, 4) is 5.75 Å². The van der Waals surface area contributed by atoms with E-state index in [4.69, 9.17) is 0 Å². The Morgan fingerprint density at radius 1 is 1.46 bits per heavy atom. The normalized spacial score (nSPS) is 11.3. The third-order valence-electron chi connectivity index (χ3n) is 2.06. The number of hydrogen-bond donors (Lipinski definition) is 1. The Labute approximate surface area is 76.7 Å². The first kappa shape index (κ1) is 8.10. The topological polar surface area (TPSA) is 37.5 Å². The van der Waals surface area contributed by atoms with E-state index in [1.54, 1.807) is 10.6 Å². The van der Waals surface area contributed by atoms with Gasteiger partial charge >= 0.3 is 0 Å². The molecule has 2 aromatic heterocycles. The van der Waals surface area contributed by atoms with E-state index in [0.29, 0.717) is 0 Å². The molecule has 0 radical (unpaired) electrons. The fourth-order valence-corrected chi connectivity index (χ4v) is 1.39. The molecule has 0 unspecified atom stereocenters. The minimum Gasteiger partial charge on any atom is -0.505 e. The Kier molecular flexibility index (Phi) is 1.72. The Morgan fingerprint density at radius 2 is 2.23 bits per heavy atom. The standard InChI is InChI=1S/C10H12N2O/c1-7(2)10-8(13)6-12-5-3-4-9(12)11-10/h3-7,13H,1-2H3. The highest BCUT2D eigenvalue weighted by Gasteiger charge is 2.08. The number of rotatable bonds is 1. The van der Waals surface area contributed by atoms with Gasteiger partial charge in [0.25, 0.3) is 0 Å². The fraction of sp³-hybridized carbons (Fsp3) is 0.300. The molecular formula is C10H12N2O. The van der Waals surface area contributed by atoms with Crippen LogP contribution in [0, 0.1) is 0 Å². The lowest BCUT2D eigenvalue weighted by Gasteiger charge is -2.07. The van der Waals surface area contributed by atoms with Crippen LogP contribution in [-0.4, -0.2) is 14.5 Å². The maximum atomic E-state index is 9.61. The van der Waals surface area contributed by atoms with Crippen LogP contribution in [-0.2, 0) is 0 Å². The van der Waals surface area contributed by atoms with E-state index in [1.165, 1.54) is 0 Å². The van der Waals surface area contributed by atoms with Gasteiger partial charge in [-0.3, -0.25) is 0 Å². The molecule has 0 aliphatic carbocycles. The second kappa shape index (κ2) is 2.76. The third kappa shape index (κ3) is 1.26. The molecule has 13 heavy (non-hydrogen) atoms. The van der Waals surface area contributed by atoms with Crippen LogP contribution in [0.1, 0.15) is 25.5 Å². The van der Waals surface area contributed by atoms with E-state index in [1.807, 2.05) is 32.2 Å². The molecule has 2 aromatic rings. The molecular weight excluding hydrogens is 164 g/mol. The predicted molar refractivity (Wildman–Crippen MR) is 50.9 cm³/mol. The quantitative estimate of drug-likeness (QED) is 0.723. The van der Waals surface area contributed by atoms with Gasteiger partial charge in [0.05, 0.1) is 11.9 Å². The van der Waals surface area contributed by atoms with Crippen LogP contribution in [0.3, 0.4) is 0 Å². The molecule has 0 aromatic carbocycles. The monoisotopic (exact) mass is 176 g/mol. The number of nitrogens with zero attached hydrogens (tertiary/aromatic N) is 2. The number of aromatic nitrogens is 2. The van der Waals surface area contributed by atoms with Gasteiger partial charge < -0.3 is 9.51 Å². The molecule has 2 heterocycles. The molecule has 3 heteroatoms. The van der Waals surface area contributed by atoms with E-state index < -0.39 is 0 Å². The molecule has 0 saturated heterocycles. The zero-order valence-electron chi connectivity index (χ0n) is 7.73. The maximum absolute atomic E-state index is 9.61. The SMILES string of the molecule is CC(C)c1nc2cccn2cc1O. The summed E-state index contributed by atoms with van der Waals surface area (Å²) in [6.07, 6.45) is 3.56. The van der Waals surface area contributed by atoms with Gasteiger partial charge in [0.15, 0.2) is 5.75 Å². The van der Waals surface area contributed by atoms with Crippen LogP contribution in [0.2, 0.25) is 0 Å². The van der Waals surface area contributed by atoms with Crippen molar-refractivity contribution in [2.45, 2.75) is 19.8 Å². The highest BCUT2D eigenvalue weighted by atomic mass is 16.3. The zero-order chi connectivity index (χ0) is 9.42. The van der Waals surface area contributed by atoms with Crippen LogP contribution >= 0.6 is 0 Å². The Morgan fingerprint density at radius 3 is 2.92 bits per heavy atom. The van der Waals surface area contributed by atoms with Crippen molar-refractivity contribution in [1.29, 1.82) is 0 Å². The van der Waals surface area contributed by atoms with Crippen molar-refractivity contribution in [2.75, 3.05) is 0 Å². The molecule has 2 rings (SSSR count). The lowest BCUT2D eigenvalue weighted by Crippen LogP contribution is -1.96. The first-order chi connectivity index (χ1) is 6.18. The van der Waals surface area contributed by atoms with Crippen molar-refractivity contribution in [2.24, 2.45) is 0 Å². The first-order valence-electron chi connectivity index (χ1n) is 4.35. The number of hydrogen-bond acceptors (Lipinski definition) is 2. The molecule has 0 fully saturated rings. The van der Waals surface area contributed by atoms with Gasteiger partial charge in [-0.1, -0.05) is 13.8 Å². The number of aromatic hydroxyl groups is 1. The van der Waals surface area contributed by atoms with E-state index in [9.17, 15) is 5.11 Å². The minimum absolute atomic E-state index is 0.250. The second-order valence-corrected chi connectivity index (χ2v) is 3.44. The van der Waals surface area contributed by atoms with Gasteiger partial charge in [-0.25, -0.2) is 4.98 Å². The van der Waals surface area contributed by atoms with E-state index in [2.05, 4.69) is 4.98 Å². The van der Waals surface area contributed by atoms with Crippen LogP contribution in [0.5, 0.6) is 5.75 Å². The van der Waals surface area contributed by atoms with Gasteiger partial charge in [0, 0.05) is 6.20 Å². The molecule has 3 nitrogen and oxygen atoms in total. The molecule has 0 aliphatic heterocycles. The summed E-state index contributed by atoms with van der Waals surface area (Å²) in [7, 11) is 0. The first-order valence-corrected chi connectivity index (χ1v) is 4.35. The predicted octanol–water partition coefficient (Wildman–Crippen LogP) is 2.16. The molecule has 0 bridgehead atoms. The lowest BCUT2D eigenvalue weighted by molar-refractivity contribution is 0.456. The van der Waals surface area contributed by atoms with Crippen LogP contribution in [0.25, 0.3) is 5.65 Å². The Bertz CT molecular complexity index is 431. The summed E-state index contributed by atoms with van der Waals surface area (Å²) in [5, 5.41) is 9.61. The summed E-state index contributed by atoms with van der Waals surface area (Å²) < 4.78 is 1.81. The van der Waals surface area contributed by atoms with Crippen molar-refractivity contribution in [3.05, 3.63) is 30.2 Å². The van der Waals surface area contributed by atoms with Gasteiger partial charge in [0.1, 0.15) is 5.65 Å². The van der Waals surface area contributed by atoms with Crippen molar-refractivity contribution in [1.82, 2.24) is 9.38 Å². The van der Waals surface area contributed by atoms with Crippen molar-refractivity contribution < 1.29 is 5.11 Å². The molecule has 0 aliphatic rings. The van der Waals surface area contributed by atoms with Gasteiger partial charge in [-0.05, 0) is 18.1 Å². The van der Waals surface area contributed by atoms with Crippen LogP contribution < -0.4 is 0 Å². The summed E-state index contributed by atoms with van der Waals surface area (Å²) in [6.45, 7) is 4.03. The largest absolute Gasteiger partial charge is 0.505 e. The van der Waals surface area contributed by atoms with Gasteiger partial charge in [-0.15, -0.1) is 0 Å². The summed E-state index contributed by atoms with van der Waals surface area (Å²) in [6, 6.07) is 3.83. The number of fused-ring (bicyclic) bond motifs is 1. The average Bonchev–Trinajstić information content (AvgIpc) is 2.48. The third-order valence-corrected chi connectivity index (χ3v) is 2.06. The van der Waals surface area contributed by atoms with Crippen molar-refractivity contribution >= 4 is 5.65 Å². The average molecular weight is 176 g/mol. The summed E-state index contributed by atoms with van der Waals surface area (Å²) in [5.74, 6) is 0.513. The summed E-state index contributed by atoms with van der Waals surface area (Å²) in [5.41, 5.74) is 1.63. The van der Waals surface area contributed by atoms with E-state index in [-0.39, 0.29) is 11.7 Å². The van der Waals surface area contributed by atoms with Gasteiger partial charge in [0.2, 0.25) is 0 Å². The zero-order valence-corrected chi connectivity index (χ0v) is 7.73. The second-order valence-electron chi connectivity index (χ2n) is 3.44. The van der Waals surface area contributed by atoms with Crippen LogP contribution in [0.15, 0.2) is 24.5 Å². The molecule has 0 amide bonds. The van der Waals surface area contributed by atoms with Gasteiger partial charge in [-0.2, -0.15) is 0 Å². The van der Waals surface area contributed by atoms with E-state index >= 15 is 0 Å². The molecule has 0 atom stereocenters. The maximum Gasteiger partial charge on any atom is 0.154 e. The molecule has 1 N–H and O–H groups in total. The van der Waals surface area contributed by atoms with Crippen LogP contribution in [0.4, 0.5) is 0 Å². The molecule has 0 spiro atoms. The molecule has 68 valence electrons. The highest BCUT2D eigenvalue weighted by molar-refractivity contribution is 5.43. The Balaban J connectivity index is 2.69. The highest BCUT2D eigenvalue weighted by Crippen LogP contribution is 2.23. The van der Waals surface area contributed by atoms with Crippen molar-refractivity contribution in [3.63, 3.8) is 0 Å². The summed E-state index contributed by atoms with van der Waals surface area (Å²) in [4.78, 5) is 4.35. The Hall–Kier alpha value is -1.51. The lowest BCUT2D eigenvalue weighted by atomic mass is 10.1.